The lowest BCUT2D eigenvalue weighted by atomic mass is 10.2. The highest BCUT2D eigenvalue weighted by Crippen LogP contribution is 2.30. The maximum absolute atomic E-state index is 12.7. The van der Waals surface area contributed by atoms with Crippen molar-refractivity contribution in [2.45, 2.75) is 31.1 Å². The van der Waals surface area contributed by atoms with Crippen LogP contribution in [0.3, 0.4) is 0 Å². The zero-order valence-corrected chi connectivity index (χ0v) is 18.6. The van der Waals surface area contributed by atoms with Gasteiger partial charge in [-0.15, -0.1) is 0 Å². The first-order chi connectivity index (χ1) is 14.3. The van der Waals surface area contributed by atoms with Gasteiger partial charge in [-0.25, -0.2) is 8.42 Å². The normalized spacial score (nSPS) is 14.9. The van der Waals surface area contributed by atoms with Crippen LogP contribution >= 0.6 is 11.6 Å². The predicted octanol–water partition coefficient (Wildman–Crippen LogP) is 3.88. The third-order valence-electron chi connectivity index (χ3n) is 5.01. The van der Waals surface area contributed by atoms with E-state index < -0.39 is 10.0 Å². The number of anilines is 2. The molecule has 1 aliphatic rings. The number of nitrogens with zero attached hydrogens (tertiary/aromatic N) is 1. The van der Waals surface area contributed by atoms with Crippen molar-refractivity contribution in [2.24, 2.45) is 0 Å². The molecule has 0 aliphatic carbocycles. The maximum atomic E-state index is 12.7. The lowest BCUT2D eigenvalue weighted by molar-refractivity contribution is -0.114. The smallest absolute Gasteiger partial charge is 0.243 e. The Labute approximate surface area is 182 Å². The van der Waals surface area contributed by atoms with E-state index in [1.165, 1.54) is 23.5 Å². The van der Waals surface area contributed by atoms with Crippen molar-refractivity contribution in [1.29, 1.82) is 0 Å². The summed E-state index contributed by atoms with van der Waals surface area (Å²) in [5, 5.41) is 6.37. The molecule has 0 bridgehead atoms. The molecule has 0 spiro atoms. The number of halogens is 1. The minimum absolute atomic E-state index is 0.0191. The van der Waals surface area contributed by atoms with Gasteiger partial charge in [-0.1, -0.05) is 18.0 Å². The van der Waals surface area contributed by atoms with Gasteiger partial charge in [0.25, 0.3) is 0 Å². The number of rotatable bonds is 7. The van der Waals surface area contributed by atoms with Gasteiger partial charge in [0.1, 0.15) is 5.75 Å². The van der Waals surface area contributed by atoms with E-state index in [9.17, 15) is 13.2 Å². The molecule has 0 saturated carbocycles. The van der Waals surface area contributed by atoms with Crippen LogP contribution in [0.25, 0.3) is 0 Å². The largest absolute Gasteiger partial charge is 0.495 e. The number of piperidine rings is 1. The molecule has 0 radical (unpaired) electrons. The lowest BCUT2D eigenvalue weighted by Gasteiger charge is -2.25. The van der Waals surface area contributed by atoms with E-state index in [-0.39, 0.29) is 17.3 Å². The summed E-state index contributed by atoms with van der Waals surface area (Å²) in [4.78, 5) is 12.5. The molecule has 2 aromatic carbocycles. The standard InChI is InChI=1S/C21H26ClN3O4S/c1-15-12-19(20(29-2)13-18(15)22)23-14-21(26)24-16-6-8-17(9-7-16)30(27,28)25-10-4-3-5-11-25/h6-9,12-13,23H,3-5,10-11,14H2,1-2H3,(H,24,26). The predicted molar refractivity (Wildman–Crippen MR) is 119 cm³/mol. The molecule has 1 amide bonds. The molecule has 30 heavy (non-hydrogen) atoms. The molecule has 2 N–H and O–H groups in total. The number of nitrogens with one attached hydrogen (secondary N) is 2. The van der Waals surface area contributed by atoms with Crippen LogP contribution in [0.5, 0.6) is 5.75 Å². The summed E-state index contributed by atoms with van der Waals surface area (Å²) in [5.41, 5.74) is 2.06. The highest BCUT2D eigenvalue weighted by Gasteiger charge is 2.25. The number of hydrogen-bond donors (Lipinski definition) is 2. The van der Waals surface area contributed by atoms with Crippen LogP contribution in [0.1, 0.15) is 24.8 Å². The first kappa shape index (κ1) is 22.4. The summed E-state index contributed by atoms with van der Waals surface area (Å²) in [5.74, 6) is 0.280. The monoisotopic (exact) mass is 451 g/mol. The quantitative estimate of drug-likeness (QED) is 0.666. The molecule has 0 atom stereocenters. The Morgan fingerprint density at radius 1 is 1.13 bits per heavy atom. The van der Waals surface area contributed by atoms with Crippen molar-refractivity contribution in [3.8, 4) is 5.75 Å². The molecule has 9 heteroatoms. The second kappa shape index (κ2) is 9.68. The fourth-order valence-electron chi connectivity index (χ4n) is 3.32. The third kappa shape index (κ3) is 5.24. The summed E-state index contributed by atoms with van der Waals surface area (Å²) >= 11 is 6.10. The molecule has 3 rings (SSSR count). The highest BCUT2D eigenvalue weighted by atomic mass is 35.5. The summed E-state index contributed by atoms with van der Waals surface area (Å²) in [6, 6.07) is 9.76. The first-order valence-corrected chi connectivity index (χ1v) is 11.6. The number of benzene rings is 2. The molecular weight excluding hydrogens is 426 g/mol. The number of hydrogen-bond acceptors (Lipinski definition) is 5. The van der Waals surface area contributed by atoms with Gasteiger partial charge in [-0.05, 0) is 55.7 Å². The van der Waals surface area contributed by atoms with Gasteiger partial charge in [0.05, 0.1) is 24.2 Å². The molecule has 1 aliphatic heterocycles. The van der Waals surface area contributed by atoms with Gasteiger partial charge in [0.2, 0.25) is 15.9 Å². The fourth-order valence-corrected chi connectivity index (χ4v) is 4.99. The minimum Gasteiger partial charge on any atom is -0.495 e. The van der Waals surface area contributed by atoms with E-state index in [0.717, 1.165) is 24.8 Å². The molecule has 1 saturated heterocycles. The Hall–Kier alpha value is -2.29. The van der Waals surface area contributed by atoms with Crippen molar-refractivity contribution in [1.82, 2.24) is 4.31 Å². The van der Waals surface area contributed by atoms with Gasteiger partial charge < -0.3 is 15.4 Å². The second-order valence-electron chi connectivity index (χ2n) is 7.19. The molecular formula is C21H26ClN3O4S. The maximum Gasteiger partial charge on any atom is 0.243 e. The van der Waals surface area contributed by atoms with Crippen LogP contribution in [-0.4, -0.2) is 45.4 Å². The van der Waals surface area contributed by atoms with E-state index in [0.29, 0.717) is 35.2 Å². The molecule has 1 heterocycles. The van der Waals surface area contributed by atoms with Gasteiger partial charge in [-0.2, -0.15) is 4.31 Å². The lowest BCUT2D eigenvalue weighted by Crippen LogP contribution is -2.35. The molecule has 2 aromatic rings. The average Bonchev–Trinajstić information content (AvgIpc) is 2.75. The number of ether oxygens (including phenoxy) is 1. The number of sulfonamides is 1. The molecule has 1 fully saturated rings. The van der Waals surface area contributed by atoms with Crippen molar-refractivity contribution < 1.29 is 17.9 Å². The summed E-state index contributed by atoms with van der Waals surface area (Å²) in [6.07, 6.45) is 2.84. The van der Waals surface area contributed by atoms with Crippen LogP contribution < -0.4 is 15.4 Å². The minimum atomic E-state index is -3.49. The third-order valence-corrected chi connectivity index (χ3v) is 7.33. The van der Waals surface area contributed by atoms with Crippen molar-refractivity contribution >= 4 is 38.9 Å². The number of carbonyl (C=O) groups excluding carboxylic acids is 1. The zero-order valence-electron chi connectivity index (χ0n) is 17.1. The average molecular weight is 452 g/mol. The van der Waals surface area contributed by atoms with Crippen LogP contribution in [0.4, 0.5) is 11.4 Å². The van der Waals surface area contributed by atoms with E-state index in [2.05, 4.69) is 10.6 Å². The van der Waals surface area contributed by atoms with E-state index in [4.69, 9.17) is 16.3 Å². The second-order valence-corrected chi connectivity index (χ2v) is 9.54. The Balaban J connectivity index is 1.60. The van der Waals surface area contributed by atoms with Crippen LogP contribution in [-0.2, 0) is 14.8 Å². The number of methoxy groups -OCH3 is 1. The molecule has 0 unspecified atom stereocenters. The van der Waals surface area contributed by atoms with Gasteiger partial charge in [-0.3, -0.25) is 4.79 Å². The van der Waals surface area contributed by atoms with Gasteiger partial charge in [0, 0.05) is 29.9 Å². The number of carbonyl (C=O) groups is 1. The summed E-state index contributed by atoms with van der Waals surface area (Å²) in [6.45, 7) is 3.00. The number of amides is 1. The SMILES string of the molecule is COc1cc(Cl)c(C)cc1NCC(=O)Nc1ccc(S(=O)(=O)N2CCCCC2)cc1. The van der Waals surface area contributed by atoms with Crippen molar-refractivity contribution in [2.75, 3.05) is 37.4 Å². The Bertz CT molecular complexity index is 1000. The number of aryl methyl sites for hydroxylation is 1. The Morgan fingerprint density at radius 2 is 1.80 bits per heavy atom. The van der Waals surface area contributed by atoms with Crippen LogP contribution in [0.2, 0.25) is 5.02 Å². The Kier molecular flexibility index (Phi) is 7.23. The van der Waals surface area contributed by atoms with E-state index in [1.54, 1.807) is 18.2 Å². The van der Waals surface area contributed by atoms with Crippen molar-refractivity contribution in [3.05, 3.63) is 47.0 Å². The molecule has 162 valence electrons. The van der Waals surface area contributed by atoms with Gasteiger partial charge >= 0.3 is 0 Å². The topological polar surface area (TPSA) is 87.7 Å². The first-order valence-electron chi connectivity index (χ1n) is 9.79. The van der Waals surface area contributed by atoms with Crippen LogP contribution in [0, 0.1) is 6.92 Å². The van der Waals surface area contributed by atoms with E-state index in [1.807, 2.05) is 13.0 Å². The Morgan fingerprint density at radius 3 is 2.43 bits per heavy atom. The van der Waals surface area contributed by atoms with Crippen molar-refractivity contribution in [3.63, 3.8) is 0 Å². The summed E-state index contributed by atoms with van der Waals surface area (Å²) < 4.78 is 32.2. The fraction of sp³-hybridized carbons (Fsp3) is 0.381. The van der Waals surface area contributed by atoms with E-state index >= 15 is 0 Å². The highest BCUT2D eigenvalue weighted by molar-refractivity contribution is 7.89. The summed E-state index contributed by atoms with van der Waals surface area (Å²) in [7, 11) is -1.95. The zero-order chi connectivity index (χ0) is 21.7. The molecule has 7 nitrogen and oxygen atoms in total. The van der Waals surface area contributed by atoms with Gasteiger partial charge in [0.15, 0.2) is 0 Å². The molecule has 0 aromatic heterocycles. The van der Waals surface area contributed by atoms with Crippen LogP contribution in [0.15, 0.2) is 41.3 Å².